The number of hydrogen-bond acceptors (Lipinski definition) is 6. The van der Waals surface area contributed by atoms with Crippen LogP contribution in [0, 0.1) is 0 Å². The number of hydrogen-bond donors (Lipinski definition) is 0. The average Bonchev–Trinajstić information content (AvgIpc) is 3.25. The van der Waals surface area contributed by atoms with E-state index in [0.29, 0.717) is 29.4 Å². The molecule has 0 spiro atoms. The van der Waals surface area contributed by atoms with Gasteiger partial charge in [-0.25, -0.2) is 7.26 Å². The molecule has 0 saturated heterocycles. The summed E-state index contributed by atoms with van der Waals surface area (Å²) in [6.07, 6.45) is 0. The highest BCUT2D eigenvalue weighted by molar-refractivity contribution is 8.35. The molecular weight excluding hydrogens is 957 g/mol. The molecule has 6 nitrogen and oxygen atoms in total. The quantitative estimate of drug-likeness (QED) is 0.121. The van der Waals surface area contributed by atoms with Crippen molar-refractivity contribution in [2.45, 2.75) is 186 Å². The predicted octanol–water partition coefficient (Wildman–Crippen LogP) is 17.2. The van der Waals surface area contributed by atoms with Gasteiger partial charge in [-0.3, -0.25) is 0 Å². The van der Waals surface area contributed by atoms with Crippen molar-refractivity contribution in [3.63, 3.8) is 0 Å². The van der Waals surface area contributed by atoms with Crippen LogP contribution in [0.15, 0.2) is 175 Å². The lowest BCUT2D eigenvalue weighted by molar-refractivity contribution is 0.497. The van der Waals surface area contributed by atoms with Gasteiger partial charge in [0, 0.05) is 29.4 Å². The molecule has 0 fully saturated rings. The minimum Gasteiger partial charge on any atom is -0.206 e. The Morgan fingerprint density at radius 2 is 0.380 bits per heavy atom. The summed E-state index contributed by atoms with van der Waals surface area (Å²) >= 11 is 0. The van der Waals surface area contributed by atoms with Crippen LogP contribution < -0.4 is 0 Å². The fourth-order valence-electron chi connectivity index (χ4n) is 8.46. The summed E-state index contributed by atoms with van der Waals surface area (Å²) in [5.41, 5.74) is 5.17. The average molecular weight is 1040 g/mol. The van der Waals surface area contributed by atoms with Gasteiger partial charge in [0.25, 0.3) is 20.2 Å². The van der Waals surface area contributed by atoms with E-state index in [-0.39, 0.29) is 32.5 Å². The molecule has 0 N–H and O–H groups in total. The first-order chi connectivity index (χ1) is 32.4. The molecule has 71 heavy (non-hydrogen) atoms. The van der Waals surface area contributed by atoms with Crippen LogP contribution in [0.2, 0.25) is 0 Å². The maximum atomic E-state index is 15.4. The van der Waals surface area contributed by atoms with Crippen LogP contribution in [0.25, 0.3) is 0 Å². The van der Waals surface area contributed by atoms with E-state index in [9.17, 15) is 0 Å². The number of benzene rings is 6. The maximum absolute atomic E-state index is 15.4. The summed E-state index contributed by atoms with van der Waals surface area (Å²) < 4.78 is 75.1. The van der Waals surface area contributed by atoms with Crippen LogP contribution in [0.1, 0.15) is 158 Å². The van der Waals surface area contributed by atoms with E-state index in [0.717, 1.165) is 33.4 Å². The van der Waals surface area contributed by atoms with E-state index in [4.69, 9.17) is 7.26 Å². The first kappa shape index (κ1) is 56.1. The van der Waals surface area contributed by atoms with Crippen LogP contribution in [-0.4, -0.2) is 21.9 Å². The van der Waals surface area contributed by atoms with E-state index in [1.54, 1.807) is 0 Å². The van der Waals surface area contributed by atoms with E-state index in [1.807, 2.05) is 146 Å². The zero-order valence-electron chi connectivity index (χ0n) is 45.6. The van der Waals surface area contributed by atoms with Gasteiger partial charge in [0.2, 0.25) is 5.08 Å². The lowest BCUT2D eigenvalue weighted by Crippen LogP contribution is -2.25. The maximum Gasteiger partial charge on any atom is 0.294 e. The van der Waals surface area contributed by atoms with Crippen molar-refractivity contribution in [2.24, 2.45) is 0 Å². The van der Waals surface area contributed by atoms with E-state index < -0.39 is 45.9 Å². The second kappa shape index (κ2) is 19.6. The molecule has 0 aliphatic carbocycles. The summed E-state index contributed by atoms with van der Waals surface area (Å²) in [7, 11) is -16.4. The third-order valence-corrected chi connectivity index (χ3v) is 24.2. The lowest BCUT2D eigenvalue weighted by atomic mass is 9.87. The Balaban J connectivity index is 1.60. The molecule has 0 saturated carbocycles. The molecule has 0 radical (unpaired) electrons. The predicted molar refractivity (Wildman–Crippen MR) is 301 cm³/mol. The summed E-state index contributed by atoms with van der Waals surface area (Å²) in [5.74, 6) is 0. The minimum absolute atomic E-state index is 0.195. The molecule has 6 aromatic rings. The molecule has 0 bridgehead atoms. The molecule has 6 aromatic carbocycles. The third kappa shape index (κ3) is 12.6. The summed E-state index contributed by atoms with van der Waals surface area (Å²) in [4.78, 5) is 3.65. The summed E-state index contributed by atoms with van der Waals surface area (Å²) in [6, 6.07) is 47.4. The van der Waals surface area contributed by atoms with E-state index in [2.05, 4.69) is 125 Å². The molecule has 0 unspecified atom stereocenters. The molecule has 6 rings (SSSR count). The second-order valence-corrected chi connectivity index (χ2v) is 34.4. The van der Waals surface area contributed by atoms with E-state index >= 15 is 16.8 Å². The number of rotatable bonds is 12. The van der Waals surface area contributed by atoms with Crippen molar-refractivity contribution < 1.29 is 24.1 Å². The van der Waals surface area contributed by atoms with Gasteiger partial charge in [0.15, 0.2) is 0 Å². The standard InChI is InChI=1S/C61H80O6S4/c1-56(2,3)44-19-31-50(32-20-44)70(51-33-21-45(22-34-51)57(4,5)6,52-35-23-46(24-36-52)58(7,8)9)66-68(62,63)43-69(64,65)67-71(53-37-25-47(26-38-53)59(10,11)12,54-39-27-48(28-40-54)60(13,14)15)55-41-29-49(30-42-55)61(16,17)18/h19-42H,43H2,1-18H3. The molecule has 0 aliphatic heterocycles. The van der Waals surface area contributed by atoms with Crippen LogP contribution in [-0.2, 0) is 60.0 Å². The Bertz CT molecular complexity index is 2520. The Morgan fingerprint density at radius 1 is 0.254 bits per heavy atom. The highest BCUT2D eigenvalue weighted by atomic mass is 32.3. The molecule has 0 heterocycles. The Morgan fingerprint density at radius 3 is 0.493 bits per heavy atom. The van der Waals surface area contributed by atoms with Crippen LogP contribution in [0.3, 0.4) is 0 Å². The fraction of sp³-hybridized carbons (Fsp3) is 0.410. The Labute approximate surface area is 432 Å². The topological polar surface area (TPSA) is 86.7 Å². The Hall–Kier alpha value is -4.16. The molecule has 384 valence electrons. The summed E-state index contributed by atoms with van der Waals surface area (Å²) in [5, 5.41) is -1.44. The van der Waals surface area contributed by atoms with Gasteiger partial charge in [0.1, 0.15) is 0 Å². The fourth-order valence-corrected chi connectivity index (χ4v) is 20.0. The van der Waals surface area contributed by atoms with Crippen molar-refractivity contribution >= 4 is 40.9 Å². The van der Waals surface area contributed by atoms with Crippen molar-refractivity contribution in [2.75, 3.05) is 5.08 Å². The van der Waals surface area contributed by atoms with Crippen LogP contribution >= 0.6 is 20.6 Å². The third-order valence-electron chi connectivity index (χ3n) is 13.0. The van der Waals surface area contributed by atoms with Crippen molar-refractivity contribution in [1.29, 1.82) is 0 Å². The van der Waals surface area contributed by atoms with E-state index in [1.165, 1.54) is 0 Å². The molecule has 0 amide bonds. The monoisotopic (exact) mass is 1040 g/mol. The van der Waals surface area contributed by atoms with Crippen molar-refractivity contribution in [1.82, 2.24) is 0 Å². The first-order valence-electron chi connectivity index (χ1n) is 24.6. The van der Waals surface area contributed by atoms with Gasteiger partial charge in [-0.1, -0.05) is 197 Å². The summed E-state index contributed by atoms with van der Waals surface area (Å²) in [6.45, 7) is 38.3. The zero-order chi connectivity index (χ0) is 53.0. The van der Waals surface area contributed by atoms with Gasteiger partial charge in [-0.05, 0) is 159 Å². The van der Waals surface area contributed by atoms with Crippen molar-refractivity contribution in [3.8, 4) is 0 Å². The SMILES string of the molecule is CC(C)(C)c1ccc(S(OS(=O)(=O)CS(=O)(=O)OS(c2ccc(C(C)(C)C)cc2)(c2ccc(C(C)(C)C)cc2)c2ccc(C(C)(C)C)cc2)(c2ccc(C(C)(C)C)cc2)c2ccc(C(C)(C)C)cc2)cc1. The smallest absolute Gasteiger partial charge is 0.206 e. The molecule has 0 atom stereocenters. The van der Waals surface area contributed by atoms with Gasteiger partial charge < -0.3 is 0 Å². The Kier molecular flexibility index (Phi) is 15.5. The normalized spacial score (nSPS) is 14.3. The minimum atomic E-state index is -5.02. The molecule has 10 heteroatoms. The highest BCUT2D eigenvalue weighted by Crippen LogP contribution is 2.72. The first-order valence-corrected chi connectivity index (χ1v) is 30.8. The second-order valence-electron chi connectivity index (χ2n) is 25.1. The zero-order valence-corrected chi connectivity index (χ0v) is 48.9. The molecule has 0 aromatic heterocycles. The molecule has 0 aliphatic rings. The highest BCUT2D eigenvalue weighted by Gasteiger charge is 2.44. The largest absolute Gasteiger partial charge is 0.294 e. The van der Waals surface area contributed by atoms with Gasteiger partial charge >= 0.3 is 0 Å². The van der Waals surface area contributed by atoms with Gasteiger partial charge in [-0.15, -0.1) is 0 Å². The van der Waals surface area contributed by atoms with Crippen LogP contribution in [0.5, 0.6) is 0 Å². The van der Waals surface area contributed by atoms with Gasteiger partial charge in [0.05, 0.1) is 0 Å². The lowest BCUT2D eigenvalue weighted by Gasteiger charge is -2.41. The van der Waals surface area contributed by atoms with Crippen LogP contribution in [0.4, 0.5) is 0 Å². The van der Waals surface area contributed by atoms with Crippen molar-refractivity contribution in [3.05, 3.63) is 179 Å². The van der Waals surface area contributed by atoms with Gasteiger partial charge in [-0.2, -0.15) is 16.8 Å². The molecular formula is C61H80O6S4.